The van der Waals surface area contributed by atoms with Gasteiger partial charge in [-0.1, -0.05) is 13.8 Å². The molecule has 0 aromatic heterocycles. The van der Waals surface area contributed by atoms with Gasteiger partial charge in [0, 0.05) is 0 Å². The zero-order valence-corrected chi connectivity index (χ0v) is 8.89. The van der Waals surface area contributed by atoms with Gasteiger partial charge in [-0.3, -0.25) is 0 Å². The quantitative estimate of drug-likeness (QED) is 0.632. The fourth-order valence-corrected chi connectivity index (χ4v) is 3.39. The van der Waals surface area contributed by atoms with E-state index in [4.69, 9.17) is 0 Å². The van der Waals surface area contributed by atoms with Crippen molar-refractivity contribution in [1.82, 2.24) is 0 Å². The van der Waals surface area contributed by atoms with Crippen molar-refractivity contribution in [3.63, 3.8) is 0 Å². The summed E-state index contributed by atoms with van der Waals surface area (Å²) in [6.45, 7) is 6.19. The molecule has 0 aromatic rings. The molecular formula is C9H18O2S. The Bertz CT molecular complexity index is 241. The molecule has 0 bridgehead atoms. The van der Waals surface area contributed by atoms with E-state index in [0.29, 0.717) is 17.6 Å². The zero-order valence-electron chi connectivity index (χ0n) is 8.08. The Labute approximate surface area is 75.3 Å². The Morgan fingerprint density at radius 1 is 1.33 bits per heavy atom. The third-order valence-electron chi connectivity index (χ3n) is 2.96. The van der Waals surface area contributed by atoms with Gasteiger partial charge in [0.2, 0.25) is 0 Å². The van der Waals surface area contributed by atoms with Crippen LogP contribution in [0.4, 0.5) is 0 Å². The topological polar surface area (TPSA) is 34.1 Å². The molecule has 1 fully saturated rings. The number of hydrogen-bond donors (Lipinski definition) is 0. The highest BCUT2D eigenvalue weighted by atomic mass is 32.2. The monoisotopic (exact) mass is 190 g/mol. The van der Waals surface area contributed by atoms with Crippen LogP contribution >= 0.6 is 0 Å². The Balaban J connectivity index is 2.64. The Kier molecular flexibility index (Phi) is 2.81. The molecule has 0 saturated carbocycles. The average Bonchev–Trinajstić information content (AvgIpc) is 1.94. The second-order valence-electron chi connectivity index (χ2n) is 4.21. The van der Waals surface area contributed by atoms with E-state index < -0.39 is 9.84 Å². The predicted molar refractivity (Wildman–Crippen MR) is 50.8 cm³/mol. The molecule has 1 aliphatic heterocycles. The maximum atomic E-state index is 11.3. The summed E-state index contributed by atoms with van der Waals surface area (Å²) in [5.74, 6) is 1.64. The summed E-state index contributed by atoms with van der Waals surface area (Å²) >= 11 is 0. The molecule has 72 valence electrons. The minimum absolute atomic E-state index is 0.112. The van der Waals surface area contributed by atoms with E-state index in [1.807, 2.05) is 6.92 Å². The van der Waals surface area contributed by atoms with Gasteiger partial charge in [-0.05, 0) is 31.6 Å². The zero-order chi connectivity index (χ0) is 9.35. The van der Waals surface area contributed by atoms with Crippen molar-refractivity contribution in [1.29, 1.82) is 0 Å². The molecule has 0 N–H and O–H groups in total. The molecule has 3 heteroatoms. The Morgan fingerprint density at radius 2 is 1.92 bits per heavy atom. The highest BCUT2D eigenvalue weighted by molar-refractivity contribution is 7.92. The molecule has 2 atom stereocenters. The predicted octanol–water partition coefficient (Wildman–Crippen LogP) is 1.86. The first-order chi connectivity index (χ1) is 5.43. The summed E-state index contributed by atoms with van der Waals surface area (Å²) in [4.78, 5) is 0. The highest BCUT2D eigenvalue weighted by Crippen LogP contribution is 2.29. The van der Waals surface area contributed by atoms with Crippen LogP contribution in [0.2, 0.25) is 0 Å². The van der Waals surface area contributed by atoms with Crippen LogP contribution in [0, 0.1) is 11.8 Å². The lowest BCUT2D eigenvalue weighted by Gasteiger charge is -2.29. The molecule has 12 heavy (non-hydrogen) atoms. The van der Waals surface area contributed by atoms with Crippen molar-refractivity contribution >= 4 is 9.84 Å². The largest absolute Gasteiger partial charge is 0.229 e. The van der Waals surface area contributed by atoms with Crippen LogP contribution in [0.5, 0.6) is 0 Å². The summed E-state index contributed by atoms with van der Waals surface area (Å²) in [7, 11) is -2.73. The van der Waals surface area contributed by atoms with Crippen molar-refractivity contribution < 1.29 is 8.42 Å². The normalized spacial score (nSPS) is 35.3. The lowest BCUT2D eigenvalue weighted by Crippen LogP contribution is -2.32. The third-order valence-corrected chi connectivity index (χ3v) is 5.19. The summed E-state index contributed by atoms with van der Waals surface area (Å²) in [5, 5.41) is -0.112. The maximum absolute atomic E-state index is 11.3. The van der Waals surface area contributed by atoms with Gasteiger partial charge < -0.3 is 0 Å². The Morgan fingerprint density at radius 3 is 2.33 bits per heavy atom. The Hall–Kier alpha value is -0.0500. The van der Waals surface area contributed by atoms with Gasteiger partial charge in [0.15, 0.2) is 9.84 Å². The van der Waals surface area contributed by atoms with Gasteiger partial charge >= 0.3 is 0 Å². The number of hydrogen-bond acceptors (Lipinski definition) is 2. The fraction of sp³-hybridized carbons (Fsp3) is 1.00. The van der Waals surface area contributed by atoms with Gasteiger partial charge in [0.25, 0.3) is 0 Å². The van der Waals surface area contributed by atoms with Crippen molar-refractivity contribution in [2.75, 3.05) is 5.75 Å². The van der Waals surface area contributed by atoms with Crippen LogP contribution in [0.15, 0.2) is 0 Å². The van der Waals surface area contributed by atoms with Gasteiger partial charge in [-0.25, -0.2) is 8.42 Å². The average molecular weight is 190 g/mol. The van der Waals surface area contributed by atoms with E-state index in [1.165, 1.54) is 0 Å². The molecule has 1 unspecified atom stereocenters. The van der Waals surface area contributed by atoms with Gasteiger partial charge in [-0.2, -0.15) is 0 Å². The molecule has 0 spiro atoms. The molecule has 0 radical (unpaired) electrons. The van der Waals surface area contributed by atoms with E-state index >= 15 is 0 Å². The molecule has 1 rings (SSSR count). The standard InChI is InChI=1S/C9H18O2S/c1-7(2)9-4-5-12(10,11)8(3)6-9/h7-9H,4-6H2,1-3H3/t8-,9?/m1/s1. The lowest BCUT2D eigenvalue weighted by atomic mass is 9.89. The summed E-state index contributed by atoms with van der Waals surface area (Å²) < 4.78 is 22.7. The fourth-order valence-electron chi connectivity index (χ4n) is 1.81. The van der Waals surface area contributed by atoms with Crippen LogP contribution in [-0.2, 0) is 9.84 Å². The van der Waals surface area contributed by atoms with Crippen molar-refractivity contribution in [3.8, 4) is 0 Å². The molecule has 0 aromatic carbocycles. The van der Waals surface area contributed by atoms with Crippen molar-refractivity contribution in [2.24, 2.45) is 11.8 Å². The van der Waals surface area contributed by atoms with Crippen LogP contribution in [0.25, 0.3) is 0 Å². The van der Waals surface area contributed by atoms with Crippen molar-refractivity contribution in [2.45, 2.75) is 38.9 Å². The van der Waals surface area contributed by atoms with E-state index in [2.05, 4.69) is 13.8 Å². The summed E-state index contributed by atoms with van der Waals surface area (Å²) in [6, 6.07) is 0. The second kappa shape index (κ2) is 3.36. The molecule has 1 saturated heterocycles. The SMILES string of the molecule is CC(C)C1CCS(=O)(=O)[C@H](C)C1. The first-order valence-corrected chi connectivity index (χ1v) is 6.36. The van der Waals surface area contributed by atoms with Crippen LogP contribution in [0.3, 0.4) is 0 Å². The maximum Gasteiger partial charge on any atom is 0.152 e. The van der Waals surface area contributed by atoms with Gasteiger partial charge in [0.1, 0.15) is 0 Å². The van der Waals surface area contributed by atoms with Crippen LogP contribution < -0.4 is 0 Å². The molecule has 0 aliphatic carbocycles. The smallest absolute Gasteiger partial charge is 0.152 e. The number of rotatable bonds is 1. The van der Waals surface area contributed by atoms with E-state index in [-0.39, 0.29) is 5.25 Å². The van der Waals surface area contributed by atoms with E-state index in [0.717, 1.165) is 12.8 Å². The first kappa shape index (κ1) is 10.0. The minimum atomic E-state index is -2.73. The van der Waals surface area contributed by atoms with Gasteiger partial charge in [-0.15, -0.1) is 0 Å². The first-order valence-electron chi connectivity index (χ1n) is 4.65. The van der Waals surface area contributed by atoms with Crippen molar-refractivity contribution in [3.05, 3.63) is 0 Å². The molecule has 2 nitrogen and oxygen atoms in total. The minimum Gasteiger partial charge on any atom is -0.229 e. The van der Waals surface area contributed by atoms with E-state index in [1.54, 1.807) is 0 Å². The van der Waals surface area contributed by atoms with E-state index in [9.17, 15) is 8.42 Å². The summed E-state index contributed by atoms with van der Waals surface area (Å²) in [5.41, 5.74) is 0. The van der Waals surface area contributed by atoms with Crippen LogP contribution in [-0.4, -0.2) is 19.4 Å². The molecular weight excluding hydrogens is 172 g/mol. The third kappa shape index (κ3) is 2.00. The van der Waals surface area contributed by atoms with Crippen LogP contribution in [0.1, 0.15) is 33.6 Å². The number of sulfone groups is 1. The molecule has 1 aliphatic rings. The molecule has 1 heterocycles. The van der Waals surface area contributed by atoms with Gasteiger partial charge in [0.05, 0.1) is 11.0 Å². The highest BCUT2D eigenvalue weighted by Gasteiger charge is 2.31. The summed E-state index contributed by atoms with van der Waals surface area (Å²) in [6.07, 6.45) is 1.73. The lowest BCUT2D eigenvalue weighted by molar-refractivity contribution is 0.332. The molecule has 0 amide bonds. The second-order valence-corrected chi connectivity index (χ2v) is 6.74.